The summed E-state index contributed by atoms with van der Waals surface area (Å²) in [7, 11) is 0. The van der Waals surface area contributed by atoms with Gasteiger partial charge in [-0.15, -0.1) is 0 Å². The average Bonchev–Trinajstić information content (AvgIpc) is 2.55. The Balaban J connectivity index is 1.69. The Morgan fingerprint density at radius 1 is 1.22 bits per heavy atom. The Morgan fingerprint density at radius 3 is 2.78 bits per heavy atom. The van der Waals surface area contributed by atoms with Crippen LogP contribution in [0.2, 0.25) is 0 Å². The molecule has 0 aromatic heterocycles. The molecule has 0 bridgehead atoms. The van der Waals surface area contributed by atoms with Crippen LogP contribution in [0.25, 0.3) is 0 Å². The predicted molar refractivity (Wildman–Crippen MR) is 80.5 cm³/mol. The van der Waals surface area contributed by atoms with Gasteiger partial charge in [-0.05, 0) is 37.5 Å². The third kappa shape index (κ3) is 3.46. The summed E-state index contributed by atoms with van der Waals surface area (Å²) in [6.45, 7) is 0.464. The van der Waals surface area contributed by atoms with Crippen molar-refractivity contribution in [2.75, 3.05) is 6.61 Å². The summed E-state index contributed by atoms with van der Waals surface area (Å²) in [4.78, 5) is 23.6. The molecule has 1 fully saturated rings. The molecule has 0 saturated heterocycles. The molecular formula is C17H20FNO4. The molecule has 2 N–H and O–H groups in total. The molecule has 1 saturated carbocycles. The molecule has 3 unspecified atom stereocenters. The van der Waals surface area contributed by atoms with E-state index in [9.17, 15) is 14.0 Å². The first-order valence-corrected chi connectivity index (χ1v) is 8.00. The number of nitrogens with one attached hydrogen (secondary N) is 1. The highest BCUT2D eigenvalue weighted by Crippen LogP contribution is 2.34. The van der Waals surface area contributed by atoms with E-state index in [1.165, 1.54) is 12.1 Å². The van der Waals surface area contributed by atoms with Crippen LogP contribution in [0.3, 0.4) is 0 Å². The van der Waals surface area contributed by atoms with Gasteiger partial charge in [-0.2, -0.15) is 0 Å². The minimum atomic E-state index is -0.832. The van der Waals surface area contributed by atoms with Crippen molar-refractivity contribution in [1.29, 1.82) is 0 Å². The lowest BCUT2D eigenvalue weighted by Gasteiger charge is -2.30. The van der Waals surface area contributed by atoms with Gasteiger partial charge in [0.25, 0.3) is 0 Å². The second kappa shape index (κ2) is 6.56. The van der Waals surface area contributed by atoms with E-state index in [1.54, 1.807) is 6.07 Å². The highest BCUT2D eigenvalue weighted by Gasteiger charge is 2.33. The third-order valence-electron chi connectivity index (χ3n) is 4.72. The molecule has 6 heteroatoms. The second-order valence-electron chi connectivity index (χ2n) is 6.28. The summed E-state index contributed by atoms with van der Waals surface area (Å²) in [6, 6.07) is 4.01. The quantitative estimate of drug-likeness (QED) is 0.897. The number of fused-ring (bicyclic) bond motifs is 1. The number of aliphatic carboxylic acids is 1. The molecule has 1 heterocycles. The van der Waals surface area contributed by atoms with E-state index in [0.717, 1.165) is 6.42 Å². The van der Waals surface area contributed by atoms with E-state index in [1.807, 2.05) is 0 Å². The van der Waals surface area contributed by atoms with Crippen molar-refractivity contribution in [2.45, 2.75) is 38.1 Å². The van der Waals surface area contributed by atoms with Crippen molar-refractivity contribution in [2.24, 2.45) is 11.8 Å². The largest absolute Gasteiger partial charge is 0.493 e. The first-order valence-electron chi connectivity index (χ1n) is 8.00. The molecule has 5 nitrogen and oxygen atoms in total. The van der Waals surface area contributed by atoms with Crippen LogP contribution >= 0.6 is 0 Å². The monoisotopic (exact) mass is 321 g/mol. The maximum Gasteiger partial charge on any atom is 0.306 e. The van der Waals surface area contributed by atoms with Gasteiger partial charge >= 0.3 is 5.97 Å². The number of rotatable bonds is 3. The van der Waals surface area contributed by atoms with E-state index in [0.29, 0.717) is 43.6 Å². The fourth-order valence-electron chi connectivity index (χ4n) is 3.46. The second-order valence-corrected chi connectivity index (χ2v) is 6.28. The number of hydrogen-bond acceptors (Lipinski definition) is 3. The number of carbonyl (C=O) groups excluding carboxylic acids is 1. The van der Waals surface area contributed by atoms with Crippen LogP contribution in [0, 0.1) is 17.7 Å². The molecule has 3 atom stereocenters. The van der Waals surface area contributed by atoms with Crippen LogP contribution in [0.15, 0.2) is 18.2 Å². The number of carboxylic acid groups (broad SMARTS) is 1. The summed E-state index contributed by atoms with van der Waals surface area (Å²) >= 11 is 0. The number of carboxylic acids is 1. The van der Waals surface area contributed by atoms with E-state index in [2.05, 4.69) is 5.32 Å². The van der Waals surface area contributed by atoms with E-state index in [-0.39, 0.29) is 23.7 Å². The lowest BCUT2D eigenvalue weighted by atomic mass is 9.81. The summed E-state index contributed by atoms with van der Waals surface area (Å²) < 4.78 is 19.0. The number of benzene rings is 1. The van der Waals surface area contributed by atoms with Crippen molar-refractivity contribution >= 4 is 11.9 Å². The Morgan fingerprint density at radius 2 is 2.00 bits per heavy atom. The fraction of sp³-hybridized carbons (Fsp3) is 0.529. The van der Waals surface area contributed by atoms with Gasteiger partial charge in [-0.3, -0.25) is 9.59 Å². The van der Waals surface area contributed by atoms with Crippen molar-refractivity contribution in [1.82, 2.24) is 5.32 Å². The molecular weight excluding hydrogens is 301 g/mol. The Kier molecular flexibility index (Phi) is 4.50. The molecule has 124 valence electrons. The average molecular weight is 321 g/mol. The molecule has 1 amide bonds. The van der Waals surface area contributed by atoms with Crippen molar-refractivity contribution in [3.63, 3.8) is 0 Å². The summed E-state index contributed by atoms with van der Waals surface area (Å²) in [5.74, 6) is -1.48. The van der Waals surface area contributed by atoms with E-state index >= 15 is 0 Å². The number of ether oxygens (including phenoxy) is 1. The van der Waals surface area contributed by atoms with Crippen LogP contribution < -0.4 is 10.1 Å². The molecule has 1 aliphatic carbocycles. The molecule has 1 aromatic rings. The Hall–Kier alpha value is -2.11. The Bertz CT molecular complexity index is 619. The van der Waals surface area contributed by atoms with E-state index in [4.69, 9.17) is 9.84 Å². The van der Waals surface area contributed by atoms with Gasteiger partial charge in [0, 0.05) is 17.9 Å². The third-order valence-corrected chi connectivity index (χ3v) is 4.72. The van der Waals surface area contributed by atoms with Crippen molar-refractivity contribution < 1.29 is 23.8 Å². The van der Waals surface area contributed by atoms with Crippen LogP contribution in [0.5, 0.6) is 5.75 Å². The summed E-state index contributed by atoms with van der Waals surface area (Å²) in [5.41, 5.74) is 0.648. The predicted octanol–water partition coefficient (Wildman–Crippen LogP) is 2.66. The highest BCUT2D eigenvalue weighted by molar-refractivity contribution is 5.80. The van der Waals surface area contributed by atoms with Crippen molar-refractivity contribution in [3.8, 4) is 5.75 Å². The standard InChI is InChI=1S/C17H20FNO4/c18-12-4-5-15-13(9-12)14(6-7-23-15)19-16(20)10-2-1-3-11(8-10)17(21)22/h4-5,9-11,14H,1-3,6-8H2,(H,19,20)(H,21,22). The lowest BCUT2D eigenvalue weighted by molar-refractivity contribution is -0.144. The molecule has 0 spiro atoms. The van der Waals surface area contributed by atoms with Crippen LogP contribution in [0.4, 0.5) is 4.39 Å². The smallest absolute Gasteiger partial charge is 0.306 e. The van der Waals surface area contributed by atoms with Gasteiger partial charge in [0.05, 0.1) is 18.6 Å². The number of halogens is 1. The topological polar surface area (TPSA) is 75.6 Å². The summed E-state index contributed by atoms with van der Waals surface area (Å²) in [5, 5.41) is 12.1. The number of carbonyl (C=O) groups is 2. The molecule has 1 aliphatic heterocycles. The molecule has 2 aliphatic rings. The van der Waals surface area contributed by atoms with Gasteiger partial charge in [0.1, 0.15) is 11.6 Å². The van der Waals surface area contributed by atoms with Gasteiger partial charge in [0.2, 0.25) is 5.91 Å². The molecule has 23 heavy (non-hydrogen) atoms. The summed E-state index contributed by atoms with van der Waals surface area (Å²) in [6.07, 6.45) is 3.03. The molecule has 1 aromatic carbocycles. The minimum absolute atomic E-state index is 0.141. The van der Waals surface area contributed by atoms with Gasteiger partial charge in [-0.25, -0.2) is 4.39 Å². The van der Waals surface area contributed by atoms with Gasteiger partial charge < -0.3 is 15.2 Å². The Labute approximate surface area is 133 Å². The zero-order chi connectivity index (χ0) is 16.4. The van der Waals surface area contributed by atoms with Crippen LogP contribution in [-0.4, -0.2) is 23.6 Å². The number of hydrogen-bond donors (Lipinski definition) is 2. The maximum absolute atomic E-state index is 13.5. The fourth-order valence-corrected chi connectivity index (χ4v) is 3.46. The molecule has 0 radical (unpaired) electrons. The first-order chi connectivity index (χ1) is 11.0. The van der Waals surface area contributed by atoms with E-state index < -0.39 is 11.9 Å². The van der Waals surface area contributed by atoms with Crippen LogP contribution in [0.1, 0.15) is 43.7 Å². The highest BCUT2D eigenvalue weighted by atomic mass is 19.1. The van der Waals surface area contributed by atoms with Crippen molar-refractivity contribution in [3.05, 3.63) is 29.6 Å². The SMILES string of the molecule is O=C(O)C1CCCC(C(=O)NC2CCOc3ccc(F)cc32)C1. The lowest BCUT2D eigenvalue weighted by Crippen LogP contribution is -2.39. The molecule has 3 rings (SSSR count). The number of amides is 1. The zero-order valence-electron chi connectivity index (χ0n) is 12.8. The van der Waals surface area contributed by atoms with Crippen LogP contribution in [-0.2, 0) is 9.59 Å². The minimum Gasteiger partial charge on any atom is -0.493 e. The zero-order valence-corrected chi connectivity index (χ0v) is 12.8. The first kappa shape index (κ1) is 15.8. The normalized spacial score (nSPS) is 26.7. The maximum atomic E-state index is 13.5. The van der Waals surface area contributed by atoms with Gasteiger partial charge in [0.15, 0.2) is 0 Å². The van der Waals surface area contributed by atoms with Gasteiger partial charge in [-0.1, -0.05) is 6.42 Å².